The summed E-state index contributed by atoms with van der Waals surface area (Å²) in [5.41, 5.74) is 2.92. The molecule has 1 aliphatic rings. The van der Waals surface area contributed by atoms with Gasteiger partial charge in [-0.2, -0.15) is 5.10 Å². The first-order valence-corrected chi connectivity index (χ1v) is 14.4. The second-order valence-corrected chi connectivity index (χ2v) is 10.9. The minimum absolute atomic E-state index is 0.0670. The van der Waals surface area contributed by atoms with Crippen LogP contribution in [0.25, 0.3) is 22.4 Å². The Morgan fingerprint density at radius 3 is 2.49 bits per heavy atom. The van der Waals surface area contributed by atoms with Crippen LogP contribution in [-0.2, 0) is 18.4 Å². The van der Waals surface area contributed by atoms with Crippen molar-refractivity contribution in [3.05, 3.63) is 92.3 Å². The van der Waals surface area contributed by atoms with E-state index >= 15 is 0 Å². The molecule has 2 aromatic carbocycles. The van der Waals surface area contributed by atoms with Gasteiger partial charge in [0.05, 0.1) is 34.5 Å². The molecule has 2 unspecified atom stereocenters. The number of pyridine rings is 1. The van der Waals surface area contributed by atoms with Crippen molar-refractivity contribution in [1.82, 2.24) is 20.1 Å². The third kappa shape index (κ3) is 6.27. The lowest BCUT2D eigenvalue weighted by Gasteiger charge is -2.19. The number of hydrogen-bond acceptors (Lipinski definition) is 7. The molecule has 0 bridgehead atoms. The Morgan fingerprint density at radius 2 is 1.74 bits per heavy atom. The van der Waals surface area contributed by atoms with Crippen molar-refractivity contribution in [2.24, 2.45) is 13.0 Å². The Bertz CT molecular complexity index is 1760. The molecule has 2 heterocycles. The van der Waals surface area contributed by atoms with E-state index in [1.54, 1.807) is 18.2 Å². The number of rotatable bonds is 9. The molecule has 0 radical (unpaired) electrons. The largest absolute Gasteiger partial charge is 0.481 e. The number of benzene rings is 2. The summed E-state index contributed by atoms with van der Waals surface area (Å²) in [5.74, 6) is -1.39. The van der Waals surface area contributed by atoms with Gasteiger partial charge in [-0.05, 0) is 31.0 Å². The Hall–Kier alpha value is -4.25. The van der Waals surface area contributed by atoms with E-state index in [9.17, 15) is 19.5 Å². The molecule has 0 spiro atoms. The zero-order valence-corrected chi connectivity index (χ0v) is 24.9. The molecular formula is C31H29Cl2N5O5. The third-order valence-corrected chi connectivity index (χ3v) is 8.40. The fourth-order valence-corrected chi connectivity index (χ4v) is 5.91. The number of nitrogens with one attached hydrogen (secondary N) is 2. The van der Waals surface area contributed by atoms with Crippen LogP contribution in [0.5, 0.6) is 5.88 Å². The number of carboxylic acid groups (broad SMARTS) is 1. The first-order chi connectivity index (χ1) is 20.7. The normalized spacial score (nSPS) is 16.2. The van der Waals surface area contributed by atoms with Crippen molar-refractivity contribution < 1.29 is 19.4 Å². The molecule has 1 amide bonds. The van der Waals surface area contributed by atoms with E-state index < -0.39 is 23.4 Å². The molecule has 0 aliphatic heterocycles. The van der Waals surface area contributed by atoms with E-state index in [1.165, 1.54) is 26.4 Å². The Kier molecular flexibility index (Phi) is 9.10. The van der Waals surface area contributed by atoms with Gasteiger partial charge in [0.1, 0.15) is 5.56 Å². The number of aryl methyl sites for hydroxylation is 1. The number of anilines is 1. The quantitative estimate of drug-likeness (QED) is 0.225. The molecule has 12 heteroatoms. The van der Waals surface area contributed by atoms with E-state index in [0.717, 1.165) is 23.1 Å². The van der Waals surface area contributed by atoms with Gasteiger partial charge in [-0.15, -0.1) is 0 Å². The summed E-state index contributed by atoms with van der Waals surface area (Å²) in [6.45, 7) is 0.415. The molecule has 3 N–H and O–H groups in total. The van der Waals surface area contributed by atoms with Gasteiger partial charge >= 0.3 is 5.97 Å². The second kappa shape index (κ2) is 12.9. The summed E-state index contributed by atoms with van der Waals surface area (Å²) in [6.07, 6.45) is 3.72. The zero-order valence-electron chi connectivity index (χ0n) is 23.4. The van der Waals surface area contributed by atoms with E-state index in [1.807, 2.05) is 30.3 Å². The summed E-state index contributed by atoms with van der Waals surface area (Å²) in [4.78, 5) is 41.4. The number of aliphatic carboxylic acids is 1. The van der Waals surface area contributed by atoms with Crippen molar-refractivity contribution in [3.63, 3.8) is 0 Å². The van der Waals surface area contributed by atoms with E-state index in [-0.39, 0.29) is 16.6 Å². The molecule has 1 aliphatic carbocycles. The van der Waals surface area contributed by atoms with Crippen LogP contribution in [0, 0.1) is 5.92 Å². The smallest absolute Gasteiger partial charge is 0.308 e. The predicted octanol–water partition coefficient (Wildman–Crippen LogP) is 5.42. The first-order valence-electron chi connectivity index (χ1n) is 13.6. The summed E-state index contributed by atoms with van der Waals surface area (Å²) >= 11 is 13.7. The SMILES string of the molecule is COc1nc(-c2cccc(-c3cccc(NC(=O)c4ccnn(C)c4=O)c3Cl)c2Cl)ccc1CNC1CCCC1C(=O)O. The topological polar surface area (TPSA) is 135 Å². The van der Waals surface area contributed by atoms with Crippen LogP contribution in [0.4, 0.5) is 5.69 Å². The number of carbonyl (C=O) groups excluding carboxylic acids is 1. The van der Waals surface area contributed by atoms with Crippen LogP contribution in [0.2, 0.25) is 10.0 Å². The highest BCUT2D eigenvalue weighted by molar-refractivity contribution is 6.39. The van der Waals surface area contributed by atoms with Crippen LogP contribution in [0.1, 0.15) is 35.2 Å². The van der Waals surface area contributed by atoms with Crippen LogP contribution < -0.4 is 20.9 Å². The fraction of sp³-hybridized carbons (Fsp3) is 0.258. The van der Waals surface area contributed by atoms with Gasteiger partial charge in [0, 0.05) is 48.1 Å². The maximum atomic E-state index is 12.9. The summed E-state index contributed by atoms with van der Waals surface area (Å²) in [6, 6.07) is 15.6. The first kappa shape index (κ1) is 30.2. The number of ether oxygens (including phenoxy) is 1. The zero-order chi connectivity index (χ0) is 30.7. The number of aromatic nitrogens is 3. The summed E-state index contributed by atoms with van der Waals surface area (Å²) in [5, 5.41) is 20.0. The molecule has 0 saturated heterocycles. The molecule has 4 aromatic rings. The van der Waals surface area contributed by atoms with Crippen molar-refractivity contribution in [3.8, 4) is 28.3 Å². The van der Waals surface area contributed by atoms with Gasteiger partial charge in [-0.25, -0.2) is 9.67 Å². The Labute approximate surface area is 257 Å². The number of amides is 1. The molecule has 222 valence electrons. The number of carbonyl (C=O) groups is 2. The minimum Gasteiger partial charge on any atom is -0.481 e. The maximum Gasteiger partial charge on any atom is 0.308 e. The van der Waals surface area contributed by atoms with Crippen molar-refractivity contribution >= 4 is 40.8 Å². The Morgan fingerprint density at radius 1 is 1.02 bits per heavy atom. The average molecular weight is 623 g/mol. The summed E-state index contributed by atoms with van der Waals surface area (Å²) in [7, 11) is 2.99. The number of nitrogens with zero attached hydrogens (tertiary/aromatic N) is 3. The van der Waals surface area contributed by atoms with Gasteiger partial charge in [-0.3, -0.25) is 14.4 Å². The van der Waals surface area contributed by atoms with E-state index in [0.29, 0.717) is 51.9 Å². The van der Waals surface area contributed by atoms with Crippen molar-refractivity contribution in [2.75, 3.05) is 12.4 Å². The number of carboxylic acids is 1. The monoisotopic (exact) mass is 621 g/mol. The molecule has 1 saturated carbocycles. The third-order valence-electron chi connectivity index (χ3n) is 7.58. The average Bonchev–Trinajstić information content (AvgIpc) is 3.48. The Balaban J connectivity index is 1.41. The van der Waals surface area contributed by atoms with Gasteiger partial charge in [0.25, 0.3) is 11.5 Å². The highest BCUT2D eigenvalue weighted by atomic mass is 35.5. The van der Waals surface area contributed by atoms with Gasteiger partial charge in [0.15, 0.2) is 0 Å². The second-order valence-electron chi connectivity index (χ2n) is 10.2. The van der Waals surface area contributed by atoms with Crippen LogP contribution in [-0.4, -0.2) is 44.9 Å². The van der Waals surface area contributed by atoms with Crippen LogP contribution >= 0.6 is 23.2 Å². The van der Waals surface area contributed by atoms with Gasteiger partial charge < -0.3 is 20.5 Å². The molecule has 5 rings (SSSR count). The lowest BCUT2D eigenvalue weighted by Crippen LogP contribution is -2.35. The molecule has 43 heavy (non-hydrogen) atoms. The molecule has 2 aromatic heterocycles. The van der Waals surface area contributed by atoms with Crippen molar-refractivity contribution in [2.45, 2.75) is 31.8 Å². The number of halogens is 2. The predicted molar refractivity (Wildman–Crippen MR) is 165 cm³/mol. The molecule has 2 atom stereocenters. The highest BCUT2D eigenvalue weighted by Crippen LogP contribution is 2.41. The number of hydrogen-bond donors (Lipinski definition) is 3. The van der Waals surface area contributed by atoms with E-state index in [4.69, 9.17) is 32.9 Å². The number of methoxy groups -OCH3 is 1. The van der Waals surface area contributed by atoms with Crippen molar-refractivity contribution in [1.29, 1.82) is 0 Å². The molecule has 10 nitrogen and oxygen atoms in total. The standard InChI is InChI=1S/C31H29Cl2N5O5/c1-38-30(40)22(14-15-35-38)28(39)36-25-11-4-7-19(27(25)33)18-6-3-8-20(26(18)32)24-13-12-17(29(37-24)43-2)16-34-23-10-5-9-21(23)31(41)42/h3-4,6-8,11-15,21,23,34H,5,9-10,16H2,1-2H3,(H,36,39)(H,41,42). The fourth-order valence-electron chi connectivity index (χ4n) is 5.31. The van der Waals surface area contributed by atoms with E-state index in [2.05, 4.69) is 15.7 Å². The minimum atomic E-state index is -0.780. The summed E-state index contributed by atoms with van der Waals surface area (Å²) < 4.78 is 6.65. The molecule has 1 fully saturated rings. The lowest BCUT2D eigenvalue weighted by atomic mass is 10.00. The molecular weight excluding hydrogens is 593 g/mol. The lowest BCUT2D eigenvalue weighted by molar-refractivity contribution is -0.142. The highest BCUT2D eigenvalue weighted by Gasteiger charge is 2.32. The maximum absolute atomic E-state index is 12.9. The van der Waals surface area contributed by atoms with Crippen LogP contribution in [0.15, 0.2) is 65.6 Å². The van der Waals surface area contributed by atoms with Gasteiger partial charge in [0.2, 0.25) is 5.88 Å². The van der Waals surface area contributed by atoms with Crippen LogP contribution in [0.3, 0.4) is 0 Å². The van der Waals surface area contributed by atoms with Gasteiger partial charge in [-0.1, -0.05) is 66.0 Å².